The van der Waals surface area contributed by atoms with Crippen LogP contribution in [0, 0.1) is 0 Å². The predicted octanol–water partition coefficient (Wildman–Crippen LogP) is 3.19. The summed E-state index contributed by atoms with van der Waals surface area (Å²) >= 11 is 0. The maximum atomic E-state index is 5.20. The van der Waals surface area contributed by atoms with Crippen molar-refractivity contribution in [1.82, 2.24) is 20.4 Å². The molecule has 0 spiro atoms. The average molecular weight is 408 g/mol. The zero-order valence-corrected chi connectivity index (χ0v) is 17.8. The summed E-state index contributed by atoms with van der Waals surface area (Å²) in [5.74, 6) is 2.48. The van der Waals surface area contributed by atoms with Gasteiger partial charge in [-0.15, -0.1) is 0 Å². The Kier molecular flexibility index (Phi) is 7.71. The number of nitrogens with one attached hydrogen (secondary N) is 2. The first-order valence-corrected chi connectivity index (χ1v) is 10.1. The van der Waals surface area contributed by atoms with E-state index in [-0.39, 0.29) is 0 Å². The first kappa shape index (κ1) is 21.2. The minimum absolute atomic E-state index is 0.501. The van der Waals surface area contributed by atoms with Crippen LogP contribution >= 0.6 is 0 Å². The van der Waals surface area contributed by atoms with Crippen LogP contribution in [0.25, 0.3) is 5.69 Å². The number of nitrogens with zero attached hydrogens (tertiary/aromatic N) is 3. The molecule has 2 aromatic carbocycles. The number of benzene rings is 2. The van der Waals surface area contributed by atoms with Crippen molar-refractivity contribution in [2.45, 2.75) is 19.9 Å². The van der Waals surface area contributed by atoms with Gasteiger partial charge in [-0.3, -0.25) is 0 Å². The van der Waals surface area contributed by atoms with Gasteiger partial charge in [0.05, 0.1) is 32.1 Å². The van der Waals surface area contributed by atoms with Crippen LogP contribution < -0.4 is 20.1 Å². The van der Waals surface area contributed by atoms with Crippen molar-refractivity contribution in [1.29, 1.82) is 0 Å². The number of ether oxygens (including phenoxy) is 2. The lowest BCUT2D eigenvalue weighted by atomic mass is 10.1. The summed E-state index contributed by atoms with van der Waals surface area (Å²) in [7, 11) is 3.34. The van der Waals surface area contributed by atoms with E-state index in [1.807, 2.05) is 53.3 Å². The lowest BCUT2D eigenvalue weighted by molar-refractivity contribution is 0.414. The van der Waals surface area contributed by atoms with Crippen LogP contribution in [0.1, 0.15) is 18.2 Å². The largest absolute Gasteiger partial charge is 0.497 e. The molecule has 0 aliphatic carbocycles. The van der Waals surface area contributed by atoms with Crippen LogP contribution in [-0.2, 0) is 13.0 Å². The Hall–Kier alpha value is -3.48. The van der Waals surface area contributed by atoms with Gasteiger partial charge in [0.25, 0.3) is 0 Å². The monoisotopic (exact) mass is 407 g/mol. The molecule has 0 aliphatic heterocycles. The molecule has 0 saturated heterocycles. The summed E-state index contributed by atoms with van der Waals surface area (Å²) in [6.45, 7) is 4.15. The van der Waals surface area contributed by atoms with E-state index in [9.17, 15) is 0 Å². The molecule has 3 rings (SSSR count). The van der Waals surface area contributed by atoms with Crippen LogP contribution in [0.4, 0.5) is 0 Å². The molecule has 7 nitrogen and oxygen atoms in total. The van der Waals surface area contributed by atoms with E-state index in [2.05, 4.69) is 39.8 Å². The molecule has 0 radical (unpaired) electrons. The number of hydrogen-bond acceptors (Lipinski definition) is 4. The fourth-order valence-corrected chi connectivity index (χ4v) is 2.94. The third-order valence-corrected chi connectivity index (χ3v) is 4.59. The molecule has 7 heteroatoms. The summed E-state index contributed by atoms with van der Waals surface area (Å²) in [6, 6.07) is 17.9. The number of rotatable bonds is 9. The molecule has 0 bridgehead atoms. The topological polar surface area (TPSA) is 72.7 Å². The molecule has 30 heavy (non-hydrogen) atoms. The number of hydrogen-bond donors (Lipinski definition) is 2. The number of aliphatic imine (C=N–C) groups is 1. The highest BCUT2D eigenvalue weighted by molar-refractivity contribution is 5.79. The van der Waals surface area contributed by atoms with E-state index in [0.717, 1.165) is 48.4 Å². The molecular formula is C23H29N5O2. The van der Waals surface area contributed by atoms with E-state index in [0.29, 0.717) is 6.54 Å². The number of aromatic nitrogens is 2. The van der Waals surface area contributed by atoms with Gasteiger partial charge in [-0.25, -0.2) is 9.67 Å². The highest BCUT2D eigenvalue weighted by Crippen LogP contribution is 2.15. The van der Waals surface area contributed by atoms with Crippen molar-refractivity contribution in [3.05, 3.63) is 72.1 Å². The zero-order chi connectivity index (χ0) is 21.2. The maximum Gasteiger partial charge on any atom is 0.191 e. The molecular weight excluding hydrogens is 378 g/mol. The third-order valence-electron chi connectivity index (χ3n) is 4.59. The Labute approximate surface area is 177 Å². The second-order valence-electron chi connectivity index (χ2n) is 6.67. The summed E-state index contributed by atoms with van der Waals surface area (Å²) < 4.78 is 12.2. The van der Waals surface area contributed by atoms with Gasteiger partial charge in [-0.2, -0.15) is 5.10 Å². The van der Waals surface area contributed by atoms with Crippen LogP contribution in [0.2, 0.25) is 0 Å². The molecule has 3 aromatic rings. The van der Waals surface area contributed by atoms with Gasteiger partial charge in [0, 0.05) is 19.3 Å². The lowest BCUT2D eigenvalue weighted by Gasteiger charge is -2.11. The number of methoxy groups -OCH3 is 2. The molecule has 0 amide bonds. The maximum absolute atomic E-state index is 5.20. The minimum Gasteiger partial charge on any atom is -0.497 e. The van der Waals surface area contributed by atoms with Crippen molar-refractivity contribution in [3.63, 3.8) is 0 Å². The summed E-state index contributed by atoms with van der Waals surface area (Å²) in [5.41, 5.74) is 3.13. The van der Waals surface area contributed by atoms with Crippen molar-refractivity contribution >= 4 is 5.96 Å². The molecule has 0 unspecified atom stereocenters. The van der Waals surface area contributed by atoms with Gasteiger partial charge in [-0.1, -0.05) is 12.1 Å². The van der Waals surface area contributed by atoms with Crippen molar-refractivity contribution in [2.24, 2.45) is 4.99 Å². The molecule has 0 atom stereocenters. The van der Waals surface area contributed by atoms with Crippen LogP contribution in [-0.4, -0.2) is 43.0 Å². The molecule has 0 aliphatic rings. The highest BCUT2D eigenvalue weighted by Gasteiger charge is 2.03. The van der Waals surface area contributed by atoms with Crippen LogP contribution in [0.3, 0.4) is 0 Å². The minimum atomic E-state index is 0.501. The van der Waals surface area contributed by atoms with Gasteiger partial charge in [-0.05, 0) is 61.4 Å². The lowest BCUT2D eigenvalue weighted by Crippen LogP contribution is -2.38. The Morgan fingerprint density at radius 3 is 2.23 bits per heavy atom. The van der Waals surface area contributed by atoms with Gasteiger partial charge in [0.2, 0.25) is 0 Å². The SMILES string of the molecule is CCNC(=NCc1ccn(-c2ccc(OC)cc2)n1)NCCc1ccc(OC)cc1. The van der Waals surface area contributed by atoms with Crippen molar-refractivity contribution < 1.29 is 9.47 Å². The van der Waals surface area contributed by atoms with Gasteiger partial charge in [0.15, 0.2) is 5.96 Å². The van der Waals surface area contributed by atoms with Crippen LogP contribution in [0.15, 0.2) is 65.8 Å². The third kappa shape index (κ3) is 6.01. The molecule has 2 N–H and O–H groups in total. The van der Waals surface area contributed by atoms with Crippen molar-refractivity contribution in [3.8, 4) is 17.2 Å². The predicted molar refractivity (Wildman–Crippen MR) is 120 cm³/mol. The standard InChI is InChI=1S/C23H29N5O2/c1-4-24-23(25-15-13-18-5-9-21(29-2)10-6-18)26-17-19-14-16-28(27-19)20-7-11-22(30-3)12-8-20/h5-12,14,16H,4,13,15,17H2,1-3H3,(H2,24,25,26). The Balaban J connectivity index is 1.55. The molecule has 0 fully saturated rings. The average Bonchev–Trinajstić information content (AvgIpc) is 3.27. The number of guanidine groups is 1. The fourth-order valence-electron chi connectivity index (χ4n) is 2.94. The van der Waals surface area contributed by atoms with E-state index in [1.54, 1.807) is 14.2 Å². The summed E-state index contributed by atoms with van der Waals surface area (Å²) in [6.07, 6.45) is 2.84. The highest BCUT2D eigenvalue weighted by atomic mass is 16.5. The van der Waals surface area contributed by atoms with E-state index in [4.69, 9.17) is 9.47 Å². The van der Waals surface area contributed by atoms with E-state index in [1.165, 1.54) is 5.56 Å². The van der Waals surface area contributed by atoms with Crippen molar-refractivity contribution in [2.75, 3.05) is 27.3 Å². The second kappa shape index (κ2) is 10.9. The van der Waals surface area contributed by atoms with E-state index < -0.39 is 0 Å². The first-order chi connectivity index (χ1) is 14.7. The fraction of sp³-hybridized carbons (Fsp3) is 0.304. The quantitative estimate of drug-likeness (QED) is 0.421. The van der Waals surface area contributed by atoms with Gasteiger partial charge >= 0.3 is 0 Å². The normalized spacial score (nSPS) is 11.2. The van der Waals surface area contributed by atoms with Gasteiger partial charge < -0.3 is 20.1 Å². The summed E-state index contributed by atoms with van der Waals surface area (Å²) in [4.78, 5) is 4.66. The molecule has 0 saturated carbocycles. The molecule has 1 aromatic heterocycles. The smallest absolute Gasteiger partial charge is 0.191 e. The second-order valence-corrected chi connectivity index (χ2v) is 6.67. The Morgan fingerprint density at radius 2 is 1.60 bits per heavy atom. The Bertz CT molecular complexity index is 933. The Morgan fingerprint density at radius 1 is 0.933 bits per heavy atom. The summed E-state index contributed by atoms with van der Waals surface area (Å²) in [5, 5.41) is 11.3. The van der Waals surface area contributed by atoms with E-state index >= 15 is 0 Å². The zero-order valence-electron chi connectivity index (χ0n) is 17.8. The first-order valence-electron chi connectivity index (χ1n) is 10.1. The molecule has 1 heterocycles. The molecule has 158 valence electrons. The van der Waals surface area contributed by atoms with Gasteiger partial charge in [0.1, 0.15) is 11.5 Å². The van der Waals surface area contributed by atoms with Crippen LogP contribution in [0.5, 0.6) is 11.5 Å².